The van der Waals surface area contributed by atoms with Crippen molar-refractivity contribution in [3.63, 3.8) is 0 Å². The van der Waals surface area contributed by atoms with Crippen molar-refractivity contribution in [3.8, 4) is 11.6 Å². The molecule has 7 rings (SSSR count). The molecular formula is C29H26FN9O2. The number of benzene rings is 2. The van der Waals surface area contributed by atoms with Crippen LogP contribution >= 0.6 is 0 Å². The molecule has 1 aliphatic heterocycles. The fourth-order valence-electron chi connectivity index (χ4n) is 5.47. The van der Waals surface area contributed by atoms with Gasteiger partial charge in [0, 0.05) is 31.9 Å². The number of halogens is 1. The third-order valence-corrected chi connectivity index (χ3v) is 7.71. The zero-order valence-corrected chi connectivity index (χ0v) is 22.2. The fraction of sp³-hybridized carbons (Fsp3) is 0.207. The lowest BCUT2D eigenvalue weighted by Gasteiger charge is -2.40. The molecule has 0 aliphatic carbocycles. The molecule has 206 valence electrons. The normalized spacial score (nSPS) is 15.5. The molecule has 2 aromatic carbocycles. The molecule has 0 bridgehead atoms. The van der Waals surface area contributed by atoms with Gasteiger partial charge in [0.2, 0.25) is 11.8 Å². The molecule has 1 amide bonds. The number of carbonyl (C=O) groups is 1. The van der Waals surface area contributed by atoms with E-state index in [0.717, 1.165) is 11.3 Å². The molecular weight excluding hydrogens is 525 g/mol. The van der Waals surface area contributed by atoms with E-state index in [9.17, 15) is 9.18 Å². The van der Waals surface area contributed by atoms with Gasteiger partial charge >= 0.3 is 0 Å². The summed E-state index contributed by atoms with van der Waals surface area (Å²) in [7, 11) is 0. The number of anilines is 2. The number of amides is 1. The summed E-state index contributed by atoms with van der Waals surface area (Å²) in [5, 5.41) is 9.76. The van der Waals surface area contributed by atoms with Crippen LogP contribution in [-0.2, 0) is 10.3 Å². The van der Waals surface area contributed by atoms with E-state index in [-0.39, 0.29) is 17.7 Å². The summed E-state index contributed by atoms with van der Waals surface area (Å²) in [6, 6.07) is 19.5. The van der Waals surface area contributed by atoms with Gasteiger partial charge in [-0.3, -0.25) is 4.79 Å². The molecule has 1 aliphatic rings. The van der Waals surface area contributed by atoms with Crippen LogP contribution in [0.25, 0.3) is 28.3 Å². The van der Waals surface area contributed by atoms with Crippen molar-refractivity contribution in [2.45, 2.75) is 12.5 Å². The average Bonchev–Trinajstić information content (AvgIpc) is 3.78. The first-order valence-corrected chi connectivity index (χ1v) is 13.2. The summed E-state index contributed by atoms with van der Waals surface area (Å²) in [5.41, 5.74) is 7.67. The van der Waals surface area contributed by atoms with Crippen molar-refractivity contribution < 1.29 is 13.6 Å². The summed E-state index contributed by atoms with van der Waals surface area (Å²) in [4.78, 5) is 27.7. The topological polar surface area (TPSA) is 124 Å². The predicted molar refractivity (Wildman–Crippen MR) is 151 cm³/mol. The Morgan fingerprint density at radius 3 is 2.41 bits per heavy atom. The molecule has 1 saturated heterocycles. The van der Waals surface area contributed by atoms with E-state index in [4.69, 9.17) is 15.2 Å². The monoisotopic (exact) mass is 551 g/mol. The van der Waals surface area contributed by atoms with E-state index in [1.165, 1.54) is 16.6 Å². The number of nitrogens with zero attached hydrogens (tertiary/aromatic N) is 8. The molecule has 4 aromatic heterocycles. The minimum atomic E-state index is -1.23. The minimum Gasteiger partial charge on any atom is -0.461 e. The van der Waals surface area contributed by atoms with E-state index in [2.05, 4.69) is 20.0 Å². The second kappa shape index (κ2) is 9.44. The molecule has 0 saturated carbocycles. The van der Waals surface area contributed by atoms with Gasteiger partial charge in [-0.1, -0.05) is 30.3 Å². The van der Waals surface area contributed by atoms with E-state index >= 15 is 0 Å². The standard InChI is InChI=1S/C29H26FN9O2/c1-29(19-6-3-2-4-7-19,27(40)37-15-13-36(14-16-37)21-11-9-20(30)10-12-21)39-26-22(18-32-39)25-33-24(23-8-5-17-41-23)35-38(25)28(31)34-26/h2-12,17-18H,13-16H2,1H3,(H2,31,34)/t29-/m1/s1. The Kier molecular flexibility index (Phi) is 5.70. The number of furan rings is 1. The van der Waals surface area contributed by atoms with Crippen molar-refractivity contribution in [1.82, 2.24) is 34.3 Å². The van der Waals surface area contributed by atoms with Gasteiger partial charge < -0.3 is 20.0 Å². The molecule has 12 heteroatoms. The number of piperazine rings is 1. The summed E-state index contributed by atoms with van der Waals surface area (Å²) in [5.74, 6) is 0.575. The van der Waals surface area contributed by atoms with Crippen molar-refractivity contribution in [2.75, 3.05) is 36.8 Å². The molecule has 1 fully saturated rings. The summed E-state index contributed by atoms with van der Waals surface area (Å²) in [6.07, 6.45) is 3.19. The molecule has 41 heavy (non-hydrogen) atoms. The van der Waals surface area contributed by atoms with Gasteiger partial charge in [0.25, 0.3) is 5.91 Å². The Hall–Kier alpha value is -5.26. The SMILES string of the molecule is C[C@](C(=O)N1CCN(c2ccc(F)cc2)CC1)(c1ccccc1)n1ncc2c1nc(N)n1nc(-c3ccco3)nc21. The highest BCUT2D eigenvalue weighted by Crippen LogP contribution is 2.33. The summed E-state index contributed by atoms with van der Waals surface area (Å²) in [6.45, 7) is 4.07. The van der Waals surface area contributed by atoms with Crippen LogP contribution < -0.4 is 10.6 Å². The third-order valence-electron chi connectivity index (χ3n) is 7.71. The summed E-state index contributed by atoms with van der Waals surface area (Å²) < 4.78 is 22.0. The van der Waals surface area contributed by atoms with Crippen molar-refractivity contribution in [1.29, 1.82) is 0 Å². The van der Waals surface area contributed by atoms with Crippen LogP contribution in [0.5, 0.6) is 0 Å². The van der Waals surface area contributed by atoms with Crippen LogP contribution in [0, 0.1) is 5.82 Å². The fourth-order valence-corrected chi connectivity index (χ4v) is 5.47. The number of rotatable bonds is 5. The number of carbonyl (C=O) groups excluding carboxylic acids is 1. The molecule has 0 spiro atoms. The quantitative estimate of drug-likeness (QED) is 0.345. The van der Waals surface area contributed by atoms with Crippen molar-refractivity contribution in [2.24, 2.45) is 0 Å². The maximum absolute atomic E-state index is 14.5. The van der Waals surface area contributed by atoms with Gasteiger partial charge in [-0.15, -0.1) is 5.10 Å². The first-order chi connectivity index (χ1) is 19.9. The van der Waals surface area contributed by atoms with E-state index in [0.29, 0.717) is 54.4 Å². The van der Waals surface area contributed by atoms with Crippen LogP contribution in [0.1, 0.15) is 12.5 Å². The van der Waals surface area contributed by atoms with Gasteiger partial charge in [-0.05, 0) is 48.9 Å². The number of hydrogen-bond donors (Lipinski definition) is 1. The Balaban J connectivity index is 1.29. The second-order valence-corrected chi connectivity index (χ2v) is 10.1. The van der Waals surface area contributed by atoms with Crippen LogP contribution in [0.2, 0.25) is 0 Å². The van der Waals surface area contributed by atoms with Gasteiger partial charge in [-0.25, -0.2) is 14.1 Å². The van der Waals surface area contributed by atoms with Gasteiger partial charge in [0.15, 0.2) is 22.6 Å². The highest BCUT2D eigenvalue weighted by molar-refractivity contribution is 5.94. The van der Waals surface area contributed by atoms with Crippen LogP contribution in [0.15, 0.2) is 83.6 Å². The van der Waals surface area contributed by atoms with E-state index in [1.54, 1.807) is 41.4 Å². The first kappa shape index (κ1) is 24.8. The van der Waals surface area contributed by atoms with Gasteiger partial charge in [0.1, 0.15) is 5.82 Å². The molecule has 2 N–H and O–H groups in total. The first-order valence-electron chi connectivity index (χ1n) is 13.2. The van der Waals surface area contributed by atoms with Crippen LogP contribution in [0.3, 0.4) is 0 Å². The van der Waals surface area contributed by atoms with E-state index < -0.39 is 5.54 Å². The van der Waals surface area contributed by atoms with Crippen LogP contribution in [-0.4, -0.2) is 66.3 Å². The molecule has 1 atom stereocenters. The molecule has 5 heterocycles. The molecule has 0 unspecified atom stereocenters. The zero-order chi connectivity index (χ0) is 28.1. The largest absolute Gasteiger partial charge is 0.461 e. The minimum absolute atomic E-state index is 0.107. The maximum Gasteiger partial charge on any atom is 0.255 e. The van der Waals surface area contributed by atoms with Crippen LogP contribution in [0.4, 0.5) is 16.0 Å². The lowest BCUT2D eigenvalue weighted by molar-refractivity contribution is -0.138. The number of fused-ring (bicyclic) bond motifs is 3. The highest BCUT2D eigenvalue weighted by Gasteiger charge is 2.43. The third kappa shape index (κ3) is 3.98. The smallest absolute Gasteiger partial charge is 0.255 e. The number of nitrogens with two attached hydrogens (primary N) is 1. The molecule has 0 radical (unpaired) electrons. The predicted octanol–water partition coefficient (Wildman–Crippen LogP) is 3.57. The molecule has 6 aromatic rings. The maximum atomic E-state index is 14.5. The second-order valence-electron chi connectivity index (χ2n) is 10.1. The average molecular weight is 552 g/mol. The highest BCUT2D eigenvalue weighted by atomic mass is 19.1. The lowest BCUT2D eigenvalue weighted by Crippen LogP contribution is -2.56. The van der Waals surface area contributed by atoms with Gasteiger partial charge in [0.05, 0.1) is 17.8 Å². The van der Waals surface area contributed by atoms with E-state index in [1.807, 2.05) is 42.2 Å². The zero-order valence-electron chi connectivity index (χ0n) is 22.2. The van der Waals surface area contributed by atoms with Crippen molar-refractivity contribution in [3.05, 3.63) is 90.6 Å². The van der Waals surface area contributed by atoms with Crippen molar-refractivity contribution >= 4 is 34.2 Å². The molecule has 11 nitrogen and oxygen atoms in total. The summed E-state index contributed by atoms with van der Waals surface area (Å²) >= 11 is 0. The Bertz CT molecular complexity index is 1860. The number of aromatic nitrogens is 6. The Morgan fingerprint density at radius 2 is 1.71 bits per heavy atom. The van der Waals surface area contributed by atoms with Gasteiger partial charge in [-0.2, -0.15) is 14.6 Å². The number of nitrogen functional groups attached to an aromatic ring is 1. The Labute approximate surface area is 233 Å². The number of hydrogen-bond acceptors (Lipinski definition) is 8. The Morgan fingerprint density at radius 1 is 0.951 bits per heavy atom. The lowest BCUT2D eigenvalue weighted by atomic mass is 9.90.